The molecule has 25 heavy (non-hydrogen) atoms. The Balaban J connectivity index is 1.78. The predicted octanol–water partition coefficient (Wildman–Crippen LogP) is 3.08. The van der Waals surface area contributed by atoms with Gasteiger partial charge in [0.1, 0.15) is 16.4 Å². The van der Waals surface area contributed by atoms with Crippen LogP contribution in [0.3, 0.4) is 0 Å². The van der Waals surface area contributed by atoms with Gasteiger partial charge in [0.2, 0.25) is 5.82 Å². The van der Waals surface area contributed by atoms with Gasteiger partial charge in [0.05, 0.1) is 18.1 Å². The minimum Gasteiger partial charge on any atom is -0.497 e. The SMILES string of the molecule is COc1cc(F)c([N+](=O)[O-])c(N2CCN(C(C)c3nccs3)CC2)c1. The molecule has 0 saturated carbocycles. The molecule has 0 spiro atoms. The van der Waals surface area contributed by atoms with Gasteiger partial charge >= 0.3 is 5.69 Å². The standard InChI is InChI=1S/C16H19FN4O3S/c1-11(16-18-3-8-25-16)19-4-6-20(7-5-19)14-10-12(24-2)9-13(17)15(14)21(22)23/h3,8-11H,4-7H2,1-2H3. The number of benzene rings is 1. The topological polar surface area (TPSA) is 71.7 Å². The van der Waals surface area contributed by atoms with Crippen molar-refractivity contribution in [3.05, 3.63) is 44.6 Å². The summed E-state index contributed by atoms with van der Waals surface area (Å²) >= 11 is 1.61. The van der Waals surface area contributed by atoms with Crippen molar-refractivity contribution in [2.75, 3.05) is 38.2 Å². The van der Waals surface area contributed by atoms with Crippen molar-refractivity contribution in [2.45, 2.75) is 13.0 Å². The highest BCUT2D eigenvalue weighted by Crippen LogP contribution is 2.36. The van der Waals surface area contributed by atoms with Crippen LogP contribution in [0.1, 0.15) is 18.0 Å². The maximum Gasteiger partial charge on any atom is 0.328 e. The summed E-state index contributed by atoms with van der Waals surface area (Å²) in [7, 11) is 1.41. The van der Waals surface area contributed by atoms with Crippen LogP contribution in [0.25, 0.3) is 0 Å². The van der Waals surface area contributed by atoms with Crippen molar-refractivity contribution in [3.8, 4) is 5.75 Å². The molecule has 7 nitrogen and oxygen atoms in total. The van der Waals surface area contributed by atoms with E-state index < -0.39 is 16.4 Å². The number of rotatable bonds is 5. The second-order valence-corrected chi connectivity index (χ2v) is 6.73. The molecule has 1 aliphatic rings. The smallest absolute Gasteiger partial charge is 0.328 e. The van der Waals surface area contributed by atoms with E-state index in [9.17, 15) is 14.5 Å². The first-order chi connectivity index (χ1) is 12.0. The Labute approximate surface area is 148 Å². The van der Waals surface area contributed by atoms with Gasteiger partial charge in [-0.25, -0.2) is 4.98 Å². The molecule has 0 radical (unpaired) electrons. The van der Waals surface area contributed by atoms with Crippen LogP contribution < -0.4 is 9.64 Å². The molecule has 1 unspecified atom stereocenters. The maximum absolute atomic E-state index is 14.1. The average Bonchev–Trinajstić information content (AvgIpc) is 3.14. The largest absolute Gasteiger partial charge is 0.497 e. The Morgan fingerprint density at radius 1 is 1.36 bits per heavy atom. The molecule has 1 aliphatic heterocycles. The number of nitro groups is 1. The van der Waals surface area contributed by atoms with Crippen LogP contribution in [0.15, 0.2) is 23.7 Å². The number of halogens is 1. The average molecular weight is 366 g/mol. The van der Waals surface area contributed by atoms with Gasteiger partial charge in [-0.1, -0.05) is 0 Å². The van der Waals surface area contributed by atoms with Crippen LogP contribution >= 0.6 is 11.3 Å². The van der Waals surface area contributed by atoms with E-state index in [-0.39, 0.29) is 17.5 Å². The van der Waals surface area contributed by atoms with Gasteiger partial charge in [-0.2, -0.15) is 4.39 Å². The Hall–Kier alpha value is -2.26. The van der Waals surface area contributed by atoms with Crippen molar-refractivity contribution in [3.63, 3.8) is 0 Å². The lowest BCUT2D eigenvalue weighted by atomic mass is 10.1. The number of anilines is 1. The molecule has 1 aromatic heterocycles. The molecule has 0 amide bonds. The first kappa shape index (κ1) is 17.6. The lowest BCUT2D eigenvalue weighted by molar-refractivity contribution is -0.386. The Kier molecular flexibility index (Phi) is 5.14. The third-order valence-electron chi connectivity index (χ3n) is 4.45. The molecular formula is C16H19FN4O3S. The number of hydrogen-bond donors (Lipinski definition) is 0. The van der Waals surface area contributed by atoms with Crippen LogP contribution in [-0.2, 0) is 0 Å². The number of thiazole rings is 1. The lowest BCUT2D eigenvalue weighted by Gasteiger charge is -2.38. The molecule has 3 rings (SSSR count). The molecular weight excluding hydrogens is 347 g/mol. The number of piperazine rings is 1. The lowest BCUT2D eigenvalue weighted by Crippen LogP contribution is -2.47. The van der Waals surface area contributed by atoms with Crippen LogP contribution in [-0.4, -0.2) is 48.1 Å². The molecule has 134 valence electrons. The van der Waals surface area contributed by atoms with E-state index in [1.165, 1.54) is 13.2 Å². The molecule has 0 aliphatic carbocycles. The fraction of sp³-hybridized carbons (Fsp3) is 0.438. The highest BCUT2D eigenvalue weighted by molar-refractivity contribution is 7.09. The molecule has 1 atom stereocenters. The van der Waals surface area contributed by atoms with Gasteiger partial charge in [0, 0.05) is 49.9 Å². The third-order valence-corrected chi connectivity index (χ3v) is 5.39. The monoisotopic (exact) mass is 366 g/mol. The Morgan fingerprint density at radius 2 is 2.08 bits per heavy atom. The number of ether oxygens (including phenoxy) is 1. The van der Waals surface area contributed by atoms with Crippen molar-refractivity contribution >= 4 is 22.7 Å². The summed E-state index contributed by atoms with van der Waals surface area (Å²) in [6.07, 6.45) is 1.79. The second-order valence-electron chi connectivity index (χ2n) is 5.80. The van der Waals surface area contributed by atoms with Gasteiger partial charge in [-0.3, -0.25) is 15.0 Å². The zero-order valence-electron chi connectivity index (χ0n) is 14.0. The number of aromatic nitrogens is 1. The van der Waals surface area contributed by atoms with Crippen LogP contribution in [0.2, 0.25) is 0 Å². The molecule has 0 bridgehead atoms. The summed E-state index contributed by atoms with van der Waals surface area (Å²) in [6, 6.07) is 2.77. The fourth-order valence-electron chi connectivity index (χ4n) is 3.05. The predicted molar refractivity (Wildman–Crippen MR) is 93.9 cm³/mol. The molecule has 1 saturated heterocycles. The molecule has 1 fully saturated rings. The summed E-state index contributed by atoms with van der Waals surface area (Å²) in [4.78, 5) is 19.1. The summed E-state index contributed by atoms with van der Waals surface area (Å²) in [5.74, 6) is -0.602. The maximum atomic E-state index is 14.1. The van der Waals surface area contributed by atoms with Crippen molar-refractivity contribution in [1.82, 2.24) is 9.88 Å². The Morgan fingerprint density at radius 3 is 2.64 bits per heavy atom. The summed E-state index contributed by atoms with van der Waals surface area (Å²) in [5.41, 5.74) is -0.231. The number of hydrogen-bond acceptors (Lipinski definition) is 7. The van der Waals surface area contributed by atoms with E-state index in [2.05, 4.69) is 16.8 Å². The van der Waals surface area contributed by atoms with Crippen molar-refractivity contribution < 1.29 is 14.1 Å². The van der Waals surface area contributed by atoms with Gasteiger partial charge in [0.15, 0.2) is 0 Å². The van der Waals surface area contributed by atoms with Crippen LogP contribution in [0.5, 0.6) is 5.75 Å². The van der Waals surface area contributed by atoms with Gasteiger partial charge < -0.3 is 9.64 Å². The van der Waals surface area contributed by atoms with Crippen molar-refractivity contribution in [1.29, 1.82) is 0 Å². The zero-order chi connectivity index (χ0) is 18.0. The van der Waals surface area contributed by atoms with Gasteiger partial charge in [-0.05, 0) is 6.92 Å². The molecule has 9 heteroatoms. The fourth-order valence-corrected chi connectivity index (χ4v) is 3.78. The first-order valence-electron chi connectivity index (χ1n) is 7.91. The van der Waals surface area contributed by atoms with E-state index in [0.717, 1.165) is 24.2 Å². The number of nitrogens with zero attached hydrogens (tertiary/aromatic N) is 4. The van der Waals surface area contributed by atoms with Gasteiger partial charge in [0.25, 0.3) is 0 Å². The second kappa shape index (κ2) is 7.32. The molecule has 2 aromatic rings. The molecule has 0 N–H and O–H groups in total. The summed E-state index contributed by atoms with van der Waals surface area (Å²) in [6.45, 7) is 4.68. The van der Waals surface area contributed by atoms with Crippen LogP contribution in [0, 0.1) is 15.9 Å². The molecule has 1 aromatic carbocycles. The normalized spacial score (nSPS) is 16.7. The highest BCUT2D eigenvalue weighted by Gasteiger charge is 2.30. The first-order valence-corrected chi connectivity index (χ1v) is 8.79. The molecule has 2 heterocycles. The van der Waals surface area contributed by atoms with E-state index in [0.29, 0.717) is 13.1 Å². The number of methoxy groups -OCH3 is 1. The Bertz CT molecular complexity index is 748. The van der Waals surface area contributed by atoms with E-state index >= 15 is 0 Å². The summed E-state index contributed by atoms with van der Waals surface area (Å²) < 4.78 is 19.2. The van der Waals surface area contributed by atoms with Gasteiger partial charge in [-0.15, -0.1) is 11.3 Å². The van der Waals surface area contributed by atoms with Crippen molar-refractivity contribution in [2.24, 2.45) is 0 Å². The quantitative estimate of drug-likeness (QED) is 0.598. The minimum absolute atomic E-state index is 0.194. The van der Waals surface area contributed by atoms with E-state index in [4.69, 9.17) is 4.74 Å². The summed E-state index contributed by atoms with van der Waals surface area (Å²) in [5, 5.41) is 14.3. The van der Waals surface area contributed by atoms with E-state index in [1.54, 1.807) is 17.5 Å². The number of nitro benzene ring substituents is 1. The van der Waals surface area contributed by atoms with E-state index in [1.807, 2.05) is 10.3 Å². The zero-order valence-corrected chi connectivity index (χ0v) is 14.8. The highest BCUT2D eigenvalue weighted by atomic mass is 32.1. The van der Waals surface area contributed by atoms with Crippen LogP contribution in [0.4, 0.5) is 15.8 Å². The minimum atomic E-state index is -0.877. The third kappa shape index (κ3) is 3.57.